The van der Waals surface area contributed by atoms with E-state index in [0.29, 0.717) is 6.04 Å². The first-order valence-corrected chi connectivity index (χ1v) is 5.86. The van der Waals surface area contributed by atoms with E-state index in [9.17, 15) is 4.39 Å². The summed E-state index contributed by atoms with van der Waals surface area (Å²) in [7, 11) is 1.96. The third-order valence-corrected chi connectivity index (χ3v) is 3.67. The van der Waals surface area contributed by atoms with Gasteiger partial charge in [0.05, 0.1) is 0 Å². The van der Waals surface area contributed by atoms with Crippen molar-refractivity contribution < 1.29 is 4.39 Å². The Morgan fingerprint density at radius 3 is 2.93 bits per heavy atom. The molecule has 1 atom stereocenters. The number of likely N-dealkylation sites (N-methyl/N-ethyl adjacent to an activating group) is 1. The first kappa shape index (κ1) is 10.6. The van der Waals surface area contributed by atoms with Crippen LogP contribution in [0.1, 0.15) is 11.8 Å². The van der Waals surface area contributed by atoms with Crippen LogP contribution in [0.25, 0.3) is 10.1 Å². The molecule has 0 spiro atoms. The Balaban J connectivity index is 2.30. The van der Waals surface area contributed by atoms with Gasteiger partial charge in [-0.15, -0.1) is 11.3 Å². The molecule has 15 heavy (non-hydrogen) atoms. The molecule has 2 aromatic rings. The molecule has 3 heteroatoms. The average molecular weight is 223 g/mol. The molecule has 0 saturated carbocycles. The summed E-state index contributed by atoms with van der Waals surface area (Å²) in [5.74, 6) is -0.159. The lowest BCUT2D eigenvalue weighted by Gasteiger charge is -2.06. The smallest absolute Gasteiger partial charge is 0.123 e. The van der Waals surface area contributed by atoms with Crippen molar-refractivity contribution in [1.82, 2.24) is 5.32 Å². The number of halogens is 1. The predicted octanol–water partition coefficient (Wildman–Crippen LogP) is 3.19. The minimum atomic E-state index is -0.159. The van der Waals surface area contributed by atoms with Crippen LogP contribution in [0.3, 0.4) is 0 Å². The molecule has 0 saturated heterocycles. The Bertz CT molecular complexity index is 464. The summed E-state index contributed by atoms with van der Waals surface area (Å²) >= 11 is 1.74. The average Bonchev–Trinajstić information content (AvgIpc) is 2.59. The molecule has 0 aliphatic heterocycles. The van der Waals surface area contributed by atoms with Gasteiger partial charge in [0.25, 0.3) is 0 Å². The number of rotatable bonds is 3. The van der Waals surface area contributed by atoms with Crippen molar-refractivity contribution in [3.63, 3.8) is 0 Å². The van der Waals surface area contributed by atoms with Gasteiger partial charge < -0.3 is 5.32 Å². The molecular formula is C12H14FNS. The minimum absolute atomic E-state index is 0.159. The van der Waals surface area contributed by atoms with Crippen molar-refractivity contribution in [3.8, 4) is 0 Å². The topological polar surface area (TPSA) is 12.0 Å². The molecule has 0 fully saturated rings. The third kappa shape index (κ3) is 2.36. The van der Waals surface area contributed by atoms with Crippen molar-refractivity contribution in [2.75, 3.05) is 7.05 Å². The second kappa shape index (κ2) is 4.29. The molecular weight excluding hydrogens is 209 g/mol. The Morgan fingerprint density at radius 1 is 1.40 bits per heavy atom. The normalized spacial score (nSPS) is 13.3. The molecule has 1 heterocycles. The van der Waals surface area contributed by atoms with Crippen molar-refractivity contribution in [3.05, 3.63) is 35.0 Å². The molecule has 0 aliphatic carbocycles. The molecule has 0 bridgehead atoms. The summed E-state index contributed by atoms with van der Waals surface area (Å²) in [6.07, 6.45) is 0.997. The zero-order valence-electron chi connectivity index (χ0n) is 8.88. The van der Waals surface area contributed by atoms with Crippen LogP contribution in [0.15, 0.2) is 24.3 Å². The summed E-state index contributed by atoms with van der Waals surface area (Å²) < 4.78 is 14.1. The summed E-state index contributed by atoms with van der Waals surface area (Å²) in [6, 6.07) is 7.51. The van der Waals surface area contributed by atoms with E-state index in [-0.39, 0.29) is 5.82 Å². The fourth-order valence-corrected chi connectivity index (χ4v) is 2.75. The maximum absolute atomic E-state index is 13.0. The molecule has 1 nitrogen and oxygen atoms in total. The van der Waals surface area contributed by atoms with Crippen molar-refractivity contribution in [2.24, 2.45) is 0 Å². The highest BCUT2D eigenvalue weighted by Gasteiger charge is 2.05. The van der Waals surface area contributed by atoms with E-state index in [4.69, 9.17) is 0 Å². The summed E-state index contributed by atoms with van der Waals surface area (Å²) in [5, 5.41) is 4.21. The highest BCUT2D eigenvalue weighted by molar-refractivity contribution is 7.19. The van der Waals surface area contributed by atoms with E-state index in [0.717, 1.165) is 16.5 Å². The van der Waals surface area contributed by atoms with Crippen LogP contribution in [-0.4, -0.2) is 13.1 Å². The van der Waals surface area contributed by atoms with E-state index in [1.807, 2.05) is 13.1 Å². The summed E-state index contributed by atoms with van der Waals surface area (Å²) in [6.45, 7) is 2.14. The first-order valence-electron chi connectivity index (χ1n) is 5.04. The van der Waals surface area contributed by atoms with Gasteiger partial charge in [-0.3, -0.25) is 0 Å². The van der Waals surface area contributed by atoms with Gasteiger partial charge in [-0.1, -0.05) is 0 Å². The number of thiophene rings is 1. The van der Waals surface area contributed by atoms with Gasteiger partial charge in [-0.05, 0) is 50.0 Å². The summed E-state index contributed by atoms with van der Waals surface area (Å²) in [5.41, 5.74) is 0. The molecule has 2 rings (SSSR count). The maximum Gasteiger partial charge on any atom is 0.123 e. The SMILES string of the molecule is CNC(C)Cc1cc2cc(F)ccc2s1. The number of hydrogen-bond donors (Lipinski definition) is 1. The van der Waals surface area contributed by atoms with E-state index < -0.39 is 0 Å². The molecule has 0 radical (unpaired) electrons. The van der Waals surface area contributed by atoms with Gasteiger partial charge in [0, 0.05) is 15.6 Å². The fraction of sp³-hybridized carbons (Fsp3) is 0.333. The quantitative estimate of drug-likeness (QED) is 0.842. The molecule has 1 aromatic carbocycles. The third-order valence-electron chi connectivity index (χ3n) is 2.53. The standard InChI is InChI=1S/C12H14FNS/c1-8(14-2)5-11-7-9-6-10(13)3-4-12(9)15-11/h3-4,6-8,14H,5H2,1-2H3. The van der Waals surface area contributed by atoms with Gasteiger partial charge in [0.2, 0.25) is 0 Å². The zero-order chi connectivity index (χ0) is 10.8. The van der Waals surface area contributed by atoms with Crippen LogP contribution >= 0.6 is 11.3 Å². The van der Waals surface area contributed by atoms with Crippen molar-refractivity contribution in [1.29, 1.82) is 0 Å². The van der Waals surface area contributed by atoms with Crippen LogP contribution in [0.2, 0.25) is 0 Å². The lowest BCUT2D eigenvalue weighted by atomic mass is 10.2. The van der Waals surface area contributed by atoms with Gasteiger partial charge >= 0.3 is 0 Å². The van der Waals surface area contributed by atoms with Crippen LogP contribution in [0.4, 0.5) is 4.39 Å². The van der Waals surface area contributed by atoms with Gasteiger partial charge in [0.1, 0.15) is 5.82 Å². The van der Waals surface area contributed by atoms with Crippen LogP contribution in [0, 0.1) is 5.82 Å². The Hall–Kier alpha value is -0.930. The summed E-state index contributed by atoms with van der Waals surface area (Å²) in [4.78, 5) is 1.30. The largest absolute Gasteiger partial charge is 0.317 e. The first-order chi connectivity index (χ1) is 7.19. The van der Waals surface area contributed by atoms with E-state index in [2.05, 4.69) is 18.3 Å². The van der Waals surface area contributed by atoms with Gasteiger partial charge in [0.15, 0.2) is 0 Å². The lowest BCUT2D eigenvalue weighted by Crippen LogP contribution is -2.22. The monoisotopic (exact) mass is 223 g/mol. The Labute approximate surface area is 92.9 Å². The van der Waals surface area contributed by atoms with E-state index in [1.165, 1.54) is 10.9 Å². The zero-order valence-corrected chi connectivity index (χ0v) is 9.70. The van der Waals surface area contributed by atoms with Crippen molar-refractivity contribution >= 4 is 21.4 Å². The van der Waals surface area contributed by atoms with Crippen molar-refractivity contribution in [2.45, 2.75) is 19.4 Å². The lowest BCUT2D eigenvalue weighted by molar-refractivity contribution is 0.613. The molecule has 80 valence electrons. The van der Waals surface area contributed by atoms with Gasteiger partial charge in [-0.25, -0.2) is 4.39 Å². The van der Waals surface area contributed by atoms with Crippen LogP contribution in [0.5, 0.6) is 0 Å². The second-order valence-corrected chi connectivity index (χ2v) is 4.96. The van der Waals surface area contributed by atoms with E-state index >= 15 is 0 Å². The number of fused-ring (bicyclic) bond motifs is 1. The van der Waals surface area contributed by atoms with Crippen LogP contribution in [-0.2, 0) is 6.42 Å². The number of hydrogen-bond acceptors (Lipinski definition) is 2. The maximum atomic E-state index is 13.0. The highest BCUT2D eigenvalue weighted by Crippen LogP contribution is 2.26. The minimum Gasteiger partial charge on any atom is -0.317 e. The highest BCUT2D eigenvalue weighted by atomic mass is 32.1. The van der Waals surface area contributed by atoms with E-state index in [1.54, 1.807) is 17.4 Å². The Morgan fingerprint density at radius 2 is 2.20 bits per heavy atom. The molecule has 1 unspecified atom stereocenters. The van der Waals surface area contributed by atoms with Gasteiger partial charge in [-0.2, -0.15) is 0 Å². The molecule has 0 aliphatic rings. The molecule has 1 aromatic heterocycles. The molecule has 0 amide bonds. The molecule has 1 N–H and O–H groups in total. The predicted molar refractivity (Wildman–Crippen MR) is 64.0 cm³/mol. The second-order valence-electron chi connectivity index (χ2n) is 3.79. The Kier molecular flexibility index (Phi) is 3.03. The number of benzene rings is 1. The number of nitrogens with one attached hydrogen (secondary N) is 1. The van der Waals surface area contributed by atoms with Crippen LogP contribution < -0.4 is 5.32 Å². The fourth-order valence-electron chi connectivity index (χ4n) is 1.57.